The van der Waals surface area contributed by atoms with Crippen molar-refractivity contribution in [2.75, 3.05) is 0 Å². The molecule has 0 aliphatic carbocycles. The number of hydrogen-bond donors (Lipinski definition) is 2. The summed E-state index contributed by atoms with van der Waals surface area (Å²) < 4.78 is 5.69. The van der Waals surface area contributed by atoms with Crippen LogP contribution in [0.15, 0.2) is 85.6 Å². The van der Waals surface area contributed by atoms with E-state index in [0.717, 1.165) is 11.3 Å². The summed E-state index contributed by atoms with van der Waals surface area (Å²) in [6.07, 6.45) is 1.67. The lowest BCUT2D eigenvalue weighted by atomic mass is 10.1. The summed E-state index contributed by atoms with van der Waals surface area (Å²) in [6, 6.07) is 22.3. The highest BCUT2D eigenvalue weighted by Crippen LogP contribution is 2.12. The van der Waals surface area contributed by atoms with E-state index >= 15 is 0 Å². The van der Waals surface area contributed by atoms with Gasteiger partial charge in [-0.25, -0.2) is 0 Å². The lowest BCUT2D eigenvalue weighted by Crippen LogP contribution is -2.36. The zero-order chi connectivity index (χ0) is 18.2. The summed E-state index contributed by atoms with van der Waals surface area (Å²) in [5, 5.41) is 0. The van der Waals surface area contributed by atoms with Crippen molar-refractivity contribution in [3.8, 4) is 5.75 Å². The molecule has 0 bridgehead atoms. The molecule has 2 aromatic carbocycles. The molecule has 3 aromatic rings. The number of carbonyl (C=O) groups excluding carboxylic acids is 1. The van der Waals surface area contributed by atoms with Gasteiger partial charge in [-0.3, -0.25) is 20.6 Å². The van der Waals surface area contributed by atoms with E-state index in [-0.39, 0.29) is 5.91 Å². The number of benzene rings is 2. The SMILES string of the molecule is C=C(NNC(=O)c1ccc(COc2ccccc2)cc1)c1ccccn1. The van der Waals surface area contributed by atoms with Crippen LogP contribution in [-0.4, -0.2) is 10.9 Å². The maximum absolute atomic E-state index is 12.2. The van der Waals surface area contributed by atoms with E-state index in [1.54, 1.807) is 18.3 Å². The Morgan fingerprint density at radius 2 is 1.65 bits per heavy atom. The van der Waals surface area contributed by atoms with Gasteiger partial charge in [0.15, 0.2) is 0 Å². The first-order chi connectivity index (χ1) is 12.7. The largest absolute Gasteiger partial charge is 0.489 e. The van der Waals surface area contributed by atoms with Crippen molar-refractivity contribution >= 4 is 11.6 Å². The molecule has 0 atom stereocenters. The molecule has 0 aliphatic rings. The molecule has 26 heavy (non-hydrogen) atoms. The van der Waals surface area contributed by atoms with E-state index in [2.05, 4.69) is 22.4 Å². The Morgan fingerprint density at radius 3 is 2.35 bits per heavy atom. The summed E-state index contributed by atoms with van der Waals surface area (Å²) >= 11 is 0. The number of aromatic nitrogens is 1. The standard InChI is InChI=1S/C21H19N3O2/c1-16(20-9-5-6-14-22-20)23-24-21(25)18-12-10-17(11-13-18)15-26-19-7-3-2-4-8-19/h2-14,23H,1,15H2,(H,24,25). The highest BCUT2D eigenvalue weighted by molar-refractivity contribution is 5.94. The van der Waals surface area contributed by atoms with Crippen LogP contribution in [-0.2, 0) is 6.61 Å². The van der Waals surface area contributed by atoms with Crippen molar-refractivity contribution in [3.05, 3.63) is 102 Å². The van der Waals surface area contributed by atoms with Crippen LogP contribution in [0.2, 0.25) is 0 Å². The molecule has 0 saturated heterocycles. The van der Waals surface area contributed by atoms with E-state index in [4.69, 9.17) is 4.74 Å². The van der Waals surface area contributed by atoms with Crippen LogP contribution in [0.1, 0.15) is 21.6 Å². The third-order valence-corrected chi connectivity index (χ3v) is 3.67. The molecular weight excluding hydrogens is 326 g/mol. The van der Waals surface area contributed by atoms with E-state index in [9.17, 15) is 4.79 Å². The van der Waals surface area contributed by atoms with Crippen molar-refractivity contribution in [2.45, 2.75) is 6.61 Å². The van der Waals surface area contributed by atoms with Crippen molar-refractivity contribution in [2.24, 2.45) is 0 Å². The molecule has 0 unspecified atom stereocenters. The number of nitrogens with one attached hydrogen (secondary N) is 2. The molecule has 0 spiro atoms. The molecule has 0 radical (unpaired) electrons. The van der Waals surface area contributed by atoms with Gasteiger partial charge in [-0.05, 0) is 42.0 Å². The van der Waals surface area contributed by atoms with Crippen molar-refractivity contribution in [1.82, 2.24) is 15.8 Å². The van der Waals surface area contributed by atoms with E-state index in [1.165, 1.54) is 0 Å². The zero-order valence-electron chi connectivity index (χ0n) is 14.2. The fourth-order valence-electron chi connectivity index (χ4n) is 2.25. The van der Waals surface area contributed by atoms with Gasteiger partial charge in [0.1, 0.15) is 12.4 Å². The Kier molecular flexibility index (Phi) is 5.62. The molecule has 1 amide bonds. The number of para-hydroxylation sites is 1. The van der Waals surface area contributed by atoms with Crippen LogP contribution < -0.4 is 15.6 Å². The molecule has 3 rings (SSSR count). The number of rotatable bonds is 7. The molecule has 0 fully saturated rings. The van der Waals surface area contributed by atoms with E-state index in [1.807, 2.05) is 60.7 Å². The van der Waals surface area contributed by atoms with Crippen molar-refractivity contribution < 1.29 is 9.53 Å². The topological polar surface area (TPSA) is 63.2 Å². The van der Waals surface area contributed by atoms with Gasteiger partial charge >= 0.3 is 0 Å². The van der Waals surface area contributed by atoms with Crippen LogP contribution in [0, 0.1) is 0 Å². The molecule has 1 aromatic heterocycles. The predicted molar refractivity (Wildman–Crippen MR) is 101 cm³/mol. The third-order valence-electron chi connectivity index (χ3n) is 3.67. The monoisotopic (exact) mass is 345 g/mol. The van der Waals surface area contributed by atoms with Gasteiger partial charge in [0.05, 0.1) is 11.4 Å². The van der Waals surface area contributed by atoms with Gasteiger partial charge in [0.25, 0.3) is 5.91 Å². The smallest absolute Gasteiger partial charge is 0.269 e. The summed E-state index contributed by atoms with van der Waals surface area (Å²) in [6.45, 7) is 4.30. The normalized spacial score (nSPS) is 10.0. The van der Waals surface area contributed by atoms with Crippen LogP contribution in [0.4, 0.5) is 0 Å². The quantitative estimate of drug-likeness (QED) is 0.643. The Morgan fingerprint density at radius 1 is 0.923 bits per heavy atom. The Bertz CT molecular complexity index is 863. The Balaban J connectivity index is 1.51. The first-order valence-corrected chi connectivity index (χ1v) is 8.16. The second kappa shape index (κ2) is 8.48. The number of hydrogen-bond acceptors (Lipinski definition) is 4. The third kappa shape index (κ3) is 4.70. The highest BCUT2D eigenvalue weighted by atomic mass is 16.5. The summed E-state index contributed by atoms with van der Waals surface area (Å²) in [5.41, 5.74) is 8.10. The molecule has 1 heterocycles. The van der Waals surface area contributed by atoms with Gasteiger partial charge in [-0.2, -0.15) is 0 Å². The van der Waals surface area contributed by atoms with E-state index in [0.29, 0.717) is 23.6 Å². The Labute approximate surface area is 152 Å². The molecular formula is C21H19N3O2. The highest BCUT2D eigenvalue weighted by Gasteiger charge is 2.06. The summed E-state index contributed by atoms with van der Waals surface area (Å²) in [5.74, 6) is 0.559. The second-order valence-corrected chi connectivity index (χ2v) is 5.57. The number of pyridine rings is 1. The van der Waals surface area contributed by atoms with Gasteiger partial charge in [0.2, 0.25) is 0 Å². The average Bonchev–Trinajstić information content (AvgIpc) is 2.72. The van der Waals surface area contributed by atoms with Crippen LogP contribution >= 0.6 is 0 Å². The number of carbonyl (C=O) groups is 1. The van der Waals surface area contributed by atoms with Crippen molar-refractivity contribution in [3.63, 3.8) is 0 Å². The summed E-state index contributed by atoms with van der Waals surface area (Å²) in [4.78, 5) is 16.4. The van der Waals surface area contributed by atoms with Crippen LogP contribution in [0.25, 0.3) is 5.70 Å². The first-order valence-electron chi connectivity index (χ1n) is 8.16. The minimum absolute atomic E-state index is 0.252. The van der Waals surface area contributed by atoms with Gasteiger partial charge in [0, 0.05) is 11.8 Å². The fraction of sp³-hybridized carbons (Fsp3) is 0.0476. The van der Waals surface area contributed by atoms with Gasteiger partial charge in [-0.15, -0.1) is 0 Å². The van der Waals surface area contributed by atoms with Crippen LogP contribution in [0.3, 0.4) is 0 Å². The number of hydrazine groups is 1. The Hall–Kier alpha value is -3.60. The zero-order valence-corrected chi connectivity index (χ0v) is 14.2. The van der Waals surface area contributed by atoms with Gasteiger partial charge < -0.3 is 4.74 Å². The maximum atomic E-state index is 12.2. The average molecular weight is 345 g/mol. The molecule has 5 heteroatoms. The molecule has 5 nitrogen and oxygen atoms in total. The molecule has 0 aliphatic heterocycles. The number of ether oxygens (including phenoxy) is 1. The van der Waals surface area contributed by atoms with Crippen LogP contribution in [0.5, 0.6) is 5.75 Å². The minimum atomic E-state index is -0.252. The second-order valence-electron chi connectivity index (χ2n) is 5.57. The number of nitrogens with zero attached hydrogens (tertiary/aromatic N) is 1. The first kappa shape index (κ1) is 17.2. The number of amides is 1. The van der Waals surface area contributed by atoms with Crippen molar-refractivity contribution in [1.29, 1.82) is 0 Å². The molecule has 130 valence electrons. The minimum Gasteiger partial charge on any atom is -0.489 e. The lowest BCUT2D eigenvalue weighted by molar-refractivity contribution is 0.0942. The molecule has 0 saturated carbocycles. The molecule has 2 N–H and O–H groups in total. The van der Waals surface area contributed by atoms with Gasteiger partial charge in [-0.1, -0.05) is 43.0 Å². The van der Waals surface area contributed by atoms with E-state index < -0.39 is 0 Å². The maximum Gasteiger partial charge on any atom is 0.269 e. The predicted octanol–water partition coefficient (Wildman–Crippen LogP) is 3.57. The fourth-order valence-corrected chi connectivity index (χ4v) is 2.25. The lowest BCUT2D eigenvalue weighted by Gasteiger charge is -2.11. The summed E-state index contributed by atoms with van der Waals surface area (Å²) in [7, 11) is 0.